The predicted molar refractivity (Wildman–Crippen MR) is 137 cm³/mol. The second-order valence-electron chi connectivity index (χ2n) is 9.29. The number of hydrogen-bond donors (Lipinski definition) is 2. The fraction of sp³-hybridized carbons (Fsp3) is 0.500. The molecule has 2 aromatic carbocycles. The number of carboxylic acid groups (broad SMARTS) is 1. The summed E-state index contributed by atoms with van der Waals surface area (Å²) in [4.78, 5) is 24.9. The zero-order chi connectivity index (χ0) is 25.4. The molecule has 0 saturated carbocycles. The van der Waals surface area contributed by atoms with Crippen LogP contribution in [0.25, 0.3) is 0 Å². The lowest BCUT2D eigenvalue weighted by Gasteiger charge is -2.33. The Hall–Kier alpha value is -3.22. The molecule has 1 aliphatic heterocycles. The van der Waals surface area contributed by atoms with E-state index in [0.717, 1.165) is 49.3 Å². The van der Waals surface area contributed by atoms with Gasteiger partial charge >= 0.3 is 5.97 Å². The summed E-state index contributed by atoms with van der Waals surface area (Å²) in [5.41, 5.74) is 2.64. The van der Waals surface area contributed by atoms with E-state index in [2.05, 4.69) is 25.2 Å². The number of carbonyl (C=O) groups is 2. The number of nitrogens with one attached hydrogen (secondary N) is 1. The number of methoxy groups -OCH3 is 1. The second kappa shape index (κ2) is 12.5. The molecule has 0 spiro atoms. The monoisotopic (exact) mass is 482 g/mol. The number of benzene rings is 2. The van der Waals surface area contributed by atoms with Gasteiger partial charge in [0.25, 0.3) is 5.91 Å². The number of carboxylic acids is 1. The van der Waals surface area contributed by atoms with Crippen LogP contribution in [0, 0.1) is 5.92 Å². The topological polar surface area (TPSA) is 88.1 Å². The van der Waals surface area contributed by atoms with Gasteiger partial charge in [0.2, 0.25) is 0 Å². The second-order valence-corrected chi connectivity index (χ2v) is 9.29. The fourth-order valence-electron chi connectivity index (χ4n) is 4.83. The Morgan fingerprint density at radius 1 is 1.14 bits per heavy atom. The molecule has 1 aliphatic rings. The summed E-state index contributed by atoms with van der Waals surface area (Å²) >= 11 is 0. The third-order valence-corrected chi connectivity index (χ3v) is 6.67. The van der Waals surface area contributed by atoms with Gasteiger partial charge in [-0.1, -0.05) is 26.7 Å². The van der Waals surface area contributed by atoms with Crippen molar-refractivity contribution in [1.29, 1.82) is 0 Å². The van der Waals surface area contributed by atoms with Crippen molar-refractivity contribution in [2.24, 2.45) is 5.92 Å². The number of rotatable bonds is 13. The molecule has 7 nitrogen and oxygen atoms in total. The van der Waals surface area contributed by atoms with Crippen LogP contribution in [0.5, 0.6) is 11.5 Å². The van der Waals surface area contributed by atoms with Gasteiger partial charge in [-0.15, -0.1) is 0 Å². The minimum absolute atomic E-state index is 0.00340. The first-order valence-electron chi connectivity index (χ1n) is 12.5. The Labute approximate surface area is 208 Å². The molecule has 35 heavy (non-hydrogen) atoms. The summed E-state index contributed by atoms with van der Waals surface area (Å²) in [6, 6.07) is 13.5. The van der Waals surface area contributed by atoms with E-state index in [9.17, 15) is 9.59 Å². The van der Waals surface area contributed by atoms with Gasteiger partial charge in [0.05, 0.1) is 19.6 Å². The first kappa shape index (κ1) is 26.4. The van der Waals surface area contributed by atoms with Crippen molar-refractivity contribution in [3.63, 3.8) is 0 Å². The first-order valence-corrected chi connectivity index (χ1v) is 12.5. The van der Waals surface area contributed by atoms with Gasteiger partial charge in [-0.05, 0) is 61.2 Å². The van der Waals surface area contributed by atoms with E-state index < -0.39 is 5.97 Å². The lowest BCUT2D eigenvalue weighted by molar-refractivity contribution is -0.137. The number of amides is 1. The Bertz CT molecular complexity index is 985. The van der Waals surface area contributed by atoms with Crippen LogP contribution in [0.15, 0.2) is 42.5 Å². The summed E-state index contributed by atoms with van der Waals surface area (Å²) in [7, 11) is 3.30. The van der Waals surface area contributed by atoms with Crippen LogP contribution in [-0.4, -0.2) is 54.7 Å². The number of nitrogens with zero attached hydrogens (tertiary/aromatic N) is 1. The van der Waals surface area contributed by atoms with Crippen molar-refractivity contribution < 1.29 is 24.2 Å². The van der Waals surface area contributed by atoms with Gasteiger partial charge in [-0.25, -0.2) is 0 Å². The van der Waals surface area contributed by atoms with Gasteiger partial charge in [-0.3, -0.25) is 9.59 Å². The van der Waals surface area contributed by atoms with Crippen LogP contribution in [0.2, 0.25) is 0 Å². The quantitative estimate of drug-likeness (QED) is 0.406. The van der Waals surface area contributed by atoms with Crippen molar-refractivity contribution in [2.45, 2.75) is 64.5 Å². The molecule has 3 rings (SSSR count). The Morgan fingerprint density at radius 3 is 2.43 bits per heavy atom. The minimum atomic E-state index is -0.918. The van der Waals surface area contributed by atoms with Crippen LogP contribution < -0.4 is 14.8 Å². The highest BCUT2D eigenvalue weighted by molar-refractivity contribution is 5.94. The first-order chi connectivity index (χ1) is 16.9. The number of ether oxygens (including phenoxy) is 2. The number of aliphatic carboxylic acids is 1. The summed E-state index contributed by atoms with van der Waals surface area (Å²) < 4.78 is 11.8. The molecular weight excluding hydrogens is 444 g/mol. The van der Waals surface area contributed by atoms with E-state index in [1.807, 2.05) is 24.3 Å². The Balaban J connectivity index is 1.76. The number of anilines is 1. The standard InChI is InChI=1S/C28H38N2O5/c1-5-7-19(8-6-2)27(25-18-21-17-23(34-4)13-14-24(21)35-25)29-22-11-9-20(10-12-22)28(33)30(3)16-15-26(31)32/h9-14,17,19,25,27,29H,5-8,15-16,18H2,1-4H3,(H,31,32). The molecule has 2 aromatic rings. The van der Waals surface area contributed by atoms with E-state index in [4.69, 9.17) is 14.6 Å². The van der Waals surface area contributed by atoms with Crippen LogP contribution >= 0.6 is 0 Å². The summed E-state index contributed by atoms with van der Waals surface area (Å²) in [6.07, 6.45) is 5.17. The number of fused-ring (bicyclic) bond motifs is 1. The molecule has 2 atom stereocenters. The maximum absolute atomic E-state index is 12.6. The summed E-state index contributed by atoms with van der Waals surface area (Å²) in [6.45, 7) is 4.61. The highest BCUT2D eigenvalue weighted by Crippen LogP contribution is 2.36. The van der Waals surface area contributed by atoms with E-state index in [1.165, 1.54) is 10.5 Å². The third kappa shape index (κ3) is 6.90. The molecule has 0 aliphatic carbocycles. The summed E-state index contributed by atoms with van der Waals surface area (Å²) in [5, 5.41) is 12.6. The van der Waals surface area contributed by atoms with Crippen LogP contribution in [-0.2, 0) is 11.2 Å². The van der Waals surface area contributed by atoms with Crippen LogP contribution in [0.4, 0.5) is 5.69 Å². The highest BCUT2D eigenvalue weighted by atomic mass is 16.5. The number of carbonyl (C=O) groups excluding carboxylic acids is 1. The molecule has 190 valence electrons. The molecule has 0 aromatic heterocycles. The van der Waals surface area contributed by atoms with E-state index in [1.54, 1.807) is 26.3 Å². The number of hydrogen-bond acceptors (Lipinski definition) is 5. The van der Waals surface area contributed by atoms with Crippen molar-refractivity contribution in [3.05, 3.63) is 53.6 Å². The Kier molecular flexibility index (Phi) is 9.40. The molecule has 0 bridgehead atoms. The van der Waals surface area contributed by atoms with Crippen molar-refractivity contribution in [3.8, 4) is 11.5 Å². The van der Waals surface area contributed by atoms with Crippen LogP contribution in [0.3, 0.4) is 0 Å². The average molecular weight is 483 g/mol. The van der Waals surface area contributed by atoms with Gasteiger partial charge in [0.1, 0.15) is 17.6 Å². The molecule has 2 N–H and O–H groups in total. The molecule has 0 saturated heterocycles. The fourth-order valence-corrected chi connectivity index (χ4v) is 4.83. The molecule has 1 amide bonds. The van der Waals surface area contributed by atoms with Gasteiger partial charge < -0.3 is 24.8 Å². The van der Waals surface area contributed by atoms with E-state index >= 15 is 0 Å². The zero-order valence-electron chi connectivity index (χ0n) is 21.3. The smallest absolute Gasteiger partial charge is 0.305 e. The van der Waals surface area contributed by atoms with Gasteiger partial charge in [-0.2, -0.15) is 0 Å². The Morgan fingerprint density at radius 2 is 1.83 bits per heavy atom. The molecule has 0 radical (unpaired) electrons. The average Bonchev–Trinajstić information content (AvgIpc) is 3.28. The largest absolute Gasteiger partial charge is 0.497 e. The lowest BCUT2D eigenvalue weighted by Crippen LogP contribution is -2.43. The molecule has 7 heteroatoms. The van der Waals surface area contributed by atoms with Crippen molar-refractivity contribution in [2.75, 3.05) is 26.0 Å². The normalized spacial score (nSPS) is 15.3. The van der Waals surface area contributed by atoms with E-state index in [0.29, 0.717) is 11.5 Å². The molecule has 1 heterocycles. The zero-order valence-corrected chi connectivity index (χ0v) is 21.3. The predicted octanol–water partition coefficient (Wildman–Crippen LogP) is 5.24. The minimum Gasteiger partial charge on any atom is -0.497 e. The third-order valence-electron chi connectivity index (χ3n) is 6.67. The van der Waals surface area contributed by atoms with E-state index in [-0.39, 0.29) is 31.0 Å². The SMILES string of the molecule is CCCC(CCC)C(Nc1ccc(C(=O)N(C)CCC(=O)O)cc1)C1Cc2cc(OC)ccc2O1. The molecule has 0 fully saturated rings. The highest BCUT2D eigenvalue weighted by Gasteiger charge is 2.35. The lowest BCUT2D eigenvalue weighted by atomic mass is 9.85. The van der Waals surface area contributed by atoms with Crippen molar-refractivity contribution in [1.82, 2.24) is 4.90 Å². The molecular formula is C28H38N2O5. The van der Waals surface area contributed by atoms with Gasteiger partial charge in [0, 0.05) is 36.8 Å². The maximum Gasteiger partial charge on any atom is 0.305 e. The van der Waals surface area contributed by atoms with Crippen molar-refractivity contribution >= 4 is 17.6 Å². The summed E-state index contributed by atoms with van der Waals surface area (Å²) in [5.74, 6) is 1.10. The van der Waals surface area contributed by atoms with Crippen LogP contribution in [0.1, 0.15) is 61.9 Å². The maximum atomic E-state index is 12.6. The van der Waals surface area contributed by atoms with Gasteiger partial charge in [0.15, 0.2) is 0 Å². The molecule has 2 unspecified atom stereocenters.